The van der Waals surface area contributed by atoms with Crippen LogP contribution in [0.15, 0.2) is 48.5 Å². The molecule has 2 aliphatic heterocycles. The summed E-state index contributed by atoms with van der Waals surface area (Å²) in [5, 5.41) is 0. The van der Waals surface area contributed by atoms with E-state index in [2.05, 4.69) is 0 Å². The maximum Gasteiger partial charge on any atom is 0.304 e. The van der Waals surface area contributed by atoms with Gasteiger partial charge in [-0.25, -0.2) is 4.39 Å². The van der Waals surface area contributed by atoms with Crippen molar-refractivity contribution in [3.8, 4) is 0 Å². The molecule has 0 spiro atoms. The lowest BCUT2D eigenvalue weighted by Crippen LogP contribution is -2.48. The molecule has 1 amide bonds. The number of rotatable bonds is 4. The Morgan fingerprint density at radius 2 is 1.59 bits per heavy atom. The van der Waals surface area contributed by atoms with Gasteiger partial charge in [0, 0.05) is 64.0 Å². The van der Waals surface area contributed by atoms with Gasteiger partial charge in [0.1, 0.15) is 5.82 Å². The first-order valence-electron chi connectivity index (χ1n) is 11.0. The predicted octanol–water partition coefficient (Wildman–Crippen LogP) is 2.84. The summed E-state index contributed by atoms with van der Waals surface area (Å²) in [5.41, 5.74) is 1.73. The van der Waals surface area contributed by atoms with Crippen molar-refractivity contribution in [1.29, 1.82) is 0 Å². The molecular formula is C23H29FN4O3S. The minimum atomic E-state index is -3.76. The number of anilines is 2. The smallest absolute Gasteiger partial charge is 0.304 e. The number of carbonyl (C=O) groups is 1. The van der Waals surface area contributed by atoms with E-state index >= 15 is 4.39 Å². The molecule has 0 saturated carbocycles. The largest absolute Gasteiger partial charge is 0.368 e. The van der Waals surface area contributed by atoms with Crippen LogP contribution in [0.3, 0.4) is 0 Å². The Hall–Kier alpha value is -2.65. The molecule has 0 atom stereocenters. The highest BCUT2D eigenvalue weighted by molar-refractivity contribution is 7.90. The summed E-state index contributed by atoms with van der Waals surface area (Å²) in [6.45, 7) is 4.84. The van der Waals surface area contributed by atoms with Crippen LogP contribution in [0.25, 0.3) is 0 Å². The van der Waals surface area contributed by atoms with E-state index in [1.807, 2.05) is 29.2 Å². The number of amides is 1. The average Bonchev–Trinajstić information content (AvgIpc) is 2.93. The van der Waals surface area contributed by atoms with Crippen molar-refractivity contribution in [2.75, 3.05) is 48.5 Å². The van der Waals surface area contributed by atoms with Crippen LogP contribution in [0.1, 0.15) is 25.3 Å². The molecule has 0 aromatic heterocycles. The van der Waals surface area contributed by atoms with E-state index in [0.29, 0.717) is 50.5 Å². The standard InChI is InChI=1S/C23H29FN4O3S/c1-19(29)25-13-15-26(16-14-25)22-10-9-20(23(24)17-22)18-27-11-5-6-12-28(32(27,30)31)21-7-3-2-4-8-21/h2-4,7-10,17H,5-6,11-16,18H2,1H3. The Kier molecular flexibility index (Phi) is 6.66. The van der Waals surface area contributed by atoms with Crippen LogP contribution in [0.4, 0.5) is 15.8 Å². The zero-order chi connectivity index (χ0) is 22.7. The Labute approximate surface area is 189 Å². The van der Waals surface area contributed by atoms with Crippen LogP contribution in [0.2, 0.25) is 0 Å². The Morgan fingerprint density at radius 3 is 2.25 bits per heavy atom. The van der Waals surface area contributed by atoms with Crippen LogP contribution < -0.4 is 9.21 Å². The van der Waals surface area contributed by atoms with Crippen LogP contribution in [0.5, 0.6) is 0 Å². The predicted molar refractivity (Wildman–Crippen MR) is 123 cm³/mol. The zero-order valence-corrected chi connectivity index (χ0v) is 19.1. The highest BCUT2D eigenvalue weighted by atomic mass is 32.2. The first-order valence-corrected chi connectivity index (χ1v) is 12.4. The number of nitrogens with zero attached hydrogens (tertiary/aromatic N) is 4. The van der Waals surface area contributed by atoms with E-state index < -0.39 is 16.0 Å². The molecule has 2 saturated heterocycles. The fourth-order valence-electron chi connectivity index (χ4n) is 4.26. The number of piperazine rings is 1. The summed E-state index contributed by atoms with van der Waals surface area (Å²) in [6, 6.07) is 14.0. The molecule has 0 radical (unpaired) electrons. The monoisotopic (exact) mass is 460 g/mol. The fourth-order valence-corrected chi connectivity index (χ4v) is 5.95. The zero-order valence-electron chi connectivity index (χ0n) is 18.3. The molecule has 2 fully saturated rings. The number of carbonyl (C=O) groups excluding carboxylic acids is 1. The van der Waals surface area contributed by atoms with Gasteiger partial charge in [-0.15, -0.1) is 0 Å². The van der Waals surface area contributed by atoms with Gasteiger partial charge in [-0.2, -0.15) is 12.7 Å². The van der Waals surface area contributed by atoms with Gasteiger partial charge in [-0.1, -0.05) is 24.3 Å². The van der Waals surface area contributed by atoms with E-state index in [1.54, 1.807) is 30.0 Å². The molecule has 2 heterocycles. The Balaban J connectivity index is 1.50. The van der Waals surface area contributed by atoms with Crippen LogP contribution in [-0.4, -0.2) is 62.8 Å². The van der Waals surface area contributed by atoms with E-state index in [9.17, 15) is 13.2 Å². The highest BCUT2D eigenvalue weighted by Crippen LogP contribution is 2.27. The summed E-state index contributed by atoms with van der Waals surface area (Å²) in [4.78, 5) is 15.3. The Bertz CT molecular complexity index is 1060. The van der Waals surface area contributed by atoms with Crippen molar-refractivity contribution in [1.82, 2.24) is 9.21 Å². The van der Waals surface area contributed by atoms with Gasteiger partial charge in [-0.3, -0.25) is 9.10 Å². The summed E-state index contributed by atoms with van der Waals surface area (Å²) in [6.07, 6.45) is 1.47. The molecule has 9 heteroatoms. The number of halogens is 1. The molecule has 32 heavy (non-hydrogen) atoms. The maximum absolute atomic E-state index is 15.0. The van der Waals surface area contributed by atoms with Crippen molar-refractivity contribution in [3.05, 3.63) is 59.9 Å². The lowest BCUT2D eigenvalue weighted by atomic mass is 10.1. The van der Waals surface area contributed by atoms with Gasteiger partial charge >= 0.3 is 10.2 Å². The molecule has 172 valence electrons. The Morgan fingerprint density at radius 1 is 0.906 bits per heavy atom. The molecule has 2 aromatic carbocycles. The van der Waals surface area contributed by atoms with Crippen LogP contribution in [-0.2, 0) is 21.5 Å². The van der Waals surface area contributed by atoms with Crippen molar-refractivity contribution in [3.63, 3.8) is 0 Å². The van der Waals surface area contributed by atoms with Crippen molar-refractivity contribution in [2.45, 2.75) is 26.3 Å². The van der Waals surface area contributed by atoms with Gasteiger partial charge < -0.3 is 9.80 Å². The number of hydrogen-bond acceptors (Lipinski definition) is 4. The fraction of sp³-hybridized carbons (Fsp3) is 0.435. The number of para-hydroxylation sites is 1. The van der Waals surface area contributed by atoms with Gasteiger partial charge in [0.05, 0.1) is 5.69 Å². The molecule has 0 unspecified atom stereocenters. The summed E-state index contributed by atoms with van der Waals surface area (Å²) >= 11 is 0. The van der Waals surface area contributed by atoms with Gasteiger partial charge in [0.25, 0.3) is 0 Å². The minimum absolute atomic E-state index is 0.00407. The molecule has 2 aliphatic rings. The van der Waals surface area contributed by atoms with Crippen molar-refractivity contribution in [2.24, 2.45) is 0 Å². The second-order valence-electron chi connectivity index (χ2n) is 8.22. The normalized spacial score (nSPS) is 19.6. The minimum Gasteiger partial charge on any atom is -0.368 e. The van der Waals surface area contributed by atoms with E-state index in [1.165, 1.54) is 14.7 Å². The number of benzene rings is 2. The molecule has 0 N–H and O–H groups in total. The van der Waals surface area contributed by atoms with Crippen LogP contribution in [0, 0.1) is 5.82 Å². The molecule has 0 aliphatic carbocycles. The van der Waals surface area contributed by atoms with E-state index in [4.69, 9.17) is 0 Å². The summed E-state index contributed by atoms with van der Waals surface area (Å²) in [7, 11) is -3.76. The lowest BCUT2D eigenvalue weighted by Gasteiger charge is -2.35. The van der Waals surface area contributed by atoms with Gasteiger partial charge in [0.15, 0.2) is 0 Å². The SMILES string of the molecule is CC(=O)N1CCN(c2ccc(CN3CCCCN(c4ccccc4)S3(=O)=O)c(F)c2)CC1. The lowest BCUT2D eigenvalue weighted by molar-refractivity contribution is -0.129. The third-order valence-electron chi connectivity index (χ3n) is 6.14. The van der Waals surface area contributed by atoms with Gasteiger partial charge in [-0.05, 0) is 37.1 Å². The average molecular weight is 461 g/mol. The molecule has 7 nitrogen and oxygen atoms in total. The summed E-state index contributed by atoms with van der Waals surface area (Å²) in [5.74, 6) is -0.364. The molecule has 2 aromatic rings. The topological polar surface area (TPSA) is 64.2 Å². The van der Waals surface area contributed by atoms with E-state index in [0.717, 1.165) is 18.5 Å². The third kappa shape index (κ3) is 4.73. The maximum atomic E-state index is 15.0. The highest BCUT2D eigenvalue weighted by Gasteiger charge is 2.32. The second-order valence-corrected chi connectivity index (χ2v) is 10.1. The van der Waals surface area contributed by atoms with Crippen molar-refractivity contribution < 1.29 is 17.6 Å². The second kappa shape index (κ2) is 9.46. The van der Waals surface area contributed by atoms with Gasteiger partial charge in [0.2, 0.25) is 5.91 Å². The van der Waals surface area contributed by atoms with Crippen molar-refractivity contribution >= 4 is 27.5 Å². The first kappa shape index (κ1) is 22.5. The first-order chi connectivity index (χ1) is 15.4. The third-order valence-corrected chi connectivity index (χ3v) is 8.06. The quantitative estimate of drug-likeness (QED) is 0.704. The summed E-state index contributed by atoms with van der Waals surface area (Å²) < 4.78 is 44.5. The molecule has 4 rings (SSSR count). The van der Waals surface area contributed by atoms with E-state index in [-0.39, 0.29) is 12.5 Å². The number of hydrogen-bond donors (Lipinski definition) is 0. The molecular weight excluding hydrogens is 431 g/mol. The van der Waals surface area contributed by atoms with Crippen LogP contribution >= 0.6 is 0 Å². The molecule has 0 bridgehead atoms.